The SMILES string of the molecule is C=CCO[C@@]12Oc3ccc(OC(=O)Nc4ccc(OC)cc4OC)cc3[C@H]3[C@H](CCCCO)[C@@H](CCCCO)C=C(C(=NOCc4ccc([N+](=O)[O-])cc4)C[C@@H]1N(Cc1ccc4c(c1)OCO4)C(=O)OCCCl)[C@H]32. The molecule has 0 saturated heterocycles. The number of amides is 2. The van der Waals surface area contributed by atoms with Crippen LogP contribution in [-0.4, -0.2) is 103 Å². The van der Waals surface area contributed by atoms with E-state index in [9.17, 15) is 29.9 Å². The number of oxime groups is 1. The van der Waals surface area contributed by atoms with Crippen molar-refractivity contribution in [1.29, 1.82) is 0 Å². The van der Waals surface area contributed by atoms with Crippen LogP contribution in [0.1, 0.15) is 67.6 Å². The minimum absolute atomic E-state index is 0.00859. The zero-order chi connectivity index (χ0) is 52.2. The average molecular weight is 1040 g/mol. The van der Waals surface area contributed by atoms with Gasteiger partial charge in [-0.1, -0.05) is 36.2 Å². The summed E-state index contributed by atoms with van der Waals surface area (Å²) in [5, 5.41) is 39.2. The van der Waals surface area contributed by atoms with E-state index in [0.717, 1.165) is 5.57 Å². The number of aliphatic hydroxyl groups is 2. The third kappa shape index (κ3) is 11.8. The molecule has 0 radical (unpaired) electrons. The Morgan fingerprint density at radius 1 is 0.932 bits per heavy atom. The van der Waals surface area contributed by atoms with Gasteiger partial charge in [-0.05, 0) is 109 Å². The molecule has 1 saturated carbocycles. The van der Waals surface area contributed by atoms with E-state index >= 15 is 0 Å². The normalized spacial score (nSPS) is 21.5. The number of nitro benzene ring substituents is 1. The molecular formula is C54H61ClN4O15. The van der Waals surface area contributed by atoms with Gasteiger partial charge in [-0.3, -0.25) is 20.3 Å². The molecule has 0 bridgehead atoms. The van der Waals surface area contributed by atoms with Crippen LogP contribution in [0, 0.1) is 27.9 Å². The smallest absolute Gasteiger partial charge is 0.417 e. The molecule has 74 heavy (non-hydrogen) atoms. The molecule has 2 heterocycles. The van der Waals surface area contributed by atoms with Crippen molar-refractivity contribution in [2.45, 2.75) is 75.8 Å². The Morgan fingerprint density at radius 3 is 2.41 bits per heavy atom. The third-order valence-electron chi connectivity index (χ3n) is 13.8. The second-order valence-corrected chi connectivity index (χ2v) is 18.5. The second kappa shape index (κ2) is 24.8. The zero-order valence-electron chi connectivity index (χ0n) is 41.3. The van der Waals surface area contributed by atoms with Crippen molar-refractivity contribution in [1.82, 2.24) is 4.90 Å². The maximum atomic E-state index is 14.8. The number of nitro groups is 1. The van der Waals surface area contributed by atoms with E-state index < -0.39 is 40.8 Å². The molecule has 19 nitrogen and oxygen atoms in total. The number of nitrogens with one attached hydrogen (secondary N) is 1. The second-order valence-electron chi connectivity index (χ2n) is 18.2. The molecular weight excluding hydrogens is 980 g/mol. The number of fused-ring (bicyclic) bond motifs is 3. The van der Waals surface area contributed by atoms with Gasteiger partial charge >= 0.3 is 12.2 Å². The Labute approximate surface area is 433 Å². The van der Waals surface area contributed by atoms with Crippen LogP contribution >= 0.6 is 11.6 Å². The van der Waals surface area contributed by atoms with Crippen LogP contribution < -0.4 is 33.7 Å². The van der Waals surface area contributed by atoms with Crippen LogP contribution in [0.4, 0.5) is 21.0 Å². The minimum atomic E-state index is -1.68. The minimum Gasteiger partial charge on any atom is -0.497 e. The molecule has 4 aromatic rings. The van der Waals surface area contributed by atoms with Crippen molar-refractivity contribution < 1.29 is 67.5 Å². The Balaban J connectivity index is 1.30. The number of halogens is 1. The first-order valence-electron chi connectivity index (χ1n) is 24.6. The highest BCUT2D eigenvalue weighted by molar-refractivity contribution is 6.18. The van der Waals surface area contributed by atoms with Gasteiger partial charge in [-0.2, -0.15) is 0 Å². The predicted octanol–water partition coefficient (Wildman–Crippen LogP) is 9.66. The number of nitrogens with zero attached hydrogens (tertiary/aromatic N) is 3. The Bertz CT molecular complexity index is 2700. The monoisotopic (exact) mass is 1040 g/mol. The summed E-state index contributed by atoms with van der Waals surface area (Å²) >= 11 is 6.14. The van der Waals surface area contributed by atoms with E-state index in [1.165, 1.54) is 26.4 Å². The predicted molar refractivity (Wildman–Crippen MR) is 272 cm³/mol. The van der Waals surface area contributed by atoms with Crippen molar-refractivity contribution in [2.24, 2.45) is 22.9 Å². The van der Waals surface area contributed by atoms with E-state index in [4.69, 9.17) is 59.5 Å². The van der Waals surface area contributed by atoms with Gasteiger partial charge in [0, 0.05) is 55.9 Å². The van der Waals surface area contributed by atoms with Crippen molar-refractivity contribution in [3.05, 3.63) is 130 Å². The quantitative estimate of drug-likeness (QED) is 0.0195. The lowest BCUT2D eigenvalue weighted by Crippen LogP contribution is -2.70. The van der Waals surface area contributed by atoms with Gasteiger partial charge in [0.1, 0.15) is 42.3 Å². The third-order valence-corrected chi connectivity index (χ3v) is 13.9. The van der Waals surface area contributed by atoms with Gasteiger partial charge in [-0.25, -0.2) is 9.59 Å². The first kappa shape index (κ1) is 53.2. The lowest BCUT2D eigenvalue weighted by Gasteiger charge is -2.59. The number of non-ortho nitro benzene ring substituents is 1. The first-order chi connectivity index (χ1) is 36.0. The van der Waals surface area contributed by atoms with Crippen LogP contribution in [0.3, 0.4) is 0 Å². The molecule has 8 rings (SSSR count). The summed E-state index contributed by atoms with van der Waals surface area (Å²) in [6.45, 7) is 3.88. The number of carbonyl (C=O) groups excluding carboxylic acids is 2. The van der Waals surface area contributed by atoms with Gasteiger partial charge in [0.05, 0.1) is 48.9 Å². The Kier molecular flexibility index (Phi) is 17.8. The van der Waals surface area contributed by atoms with E-state index in [1.807, 2.05) is 6.07 Å². The molecule has 0 unspecified atom stereocenters. The van der Waals surface area contributed by atoms with Crippen LogP contribution in [0.5, 0.6) is 34.5 Å². The van der Waals surface area contributed by atoms with E-state index in [-0.39, 0.29) is 81.9 Å². The molecule has 2 aliphatic carbocycles. The van der Waals surface area contributed by atoms with Crippen LogP contribution in [-0.2, 0) is 27.5 Å². The first-order valence-corrected chi connectivity index (χ1v) is 25.1. The van der Waals surface area contributed by atoms with Gasteiger partial charge in [0.2, 0.25) is 12.6 Å². The van der Waals surface area contributed by atoms with Gasteiger partial charge in [0.25, 0.3) is 5.69 Å². The maximum absolute atomic E-state index is 14.8. The summed E-state index contributed by atoms with van der Waals surface area (Å²) < 4.78 is 48.5. The molecule has 4 aliphatic rings. The molecule has 6 atom stereocenters. The molecule has 0 spiro atoms. The van der Waals surface area contributed by atoms with Crippen molar-refractivity contribution >= 4 is 40.9 Å². The number of aliphatic hydroxyl groups excluding tert-OH is 2. The maximum Gasteiger partial charge on any atom is 0.417 e. The van der Waals surface area contributed by atoms with Crippen LogP contribution in [0.25, 0.3) is 0 Å². The lowest BCUT2D eigenvalue weighted by atomic mass is 9.55. The van der Waals surface area contributed by atoms with Gasteiger partial charge in [0.15, 0.2) is 11.5 Å². The molecule has 4 aromatic carbocycles. The average Bonchev–Trinajstić information content (AvgIpc) is 3.92. The van der Waals surface area contributed by atoms with Crippen molar-refractivity contribution in [2.75, 3.05) is 58.6 Å². The fourth-order valence-electron chi connectivity index (χ4n) is 10.5. The molecule has 2 aliphatic heterocycles. The molecule has 2 amide bonds. The summed E-state index contributed by atoms with van der Waals surface area (Å²) in [4.78, 5) is 47.2. The number of rotatable bonds is 24. The van der Waals surface area contributed by atoms with Crippen LogP contribution in [0.15, 0.2) is 108 Å². The van der Waals surface area contributed by atoms with E-state index in [0.29, 0.717) is 95.4 Å². The van der Waals surface area contributed by atoms with E-state index in [1.54, 1.807) is 71.6 Å². The summed E-state index contributed by atoms with van der Waals surface area (Å²) in [5.74, 6) is -0.579. The Morgan fingerprint density at radius 2 is 1.68 bits per heavy atom. The molecule has 0 aromatic heterocycles. The molecule has 1 fully saturated rings. The summed E-state index contributed by atoms with van der Waals surface area (Å²) in [6.07, 6.45) is 6.11. The molecule has 20 heteroatoms. The molecule has 394 valence electrons. The largest absolute Gasteiger partial charge is 0.497 e. The van der Waals surface area contributed by atoms with E-state index in [2.05, 4.69) is 18.0 Å². The summed E-state index contributed by atoms with van der Waals surface area (Å²) in [5.41, 5.74) is 3.52. The van der Waals surface area contributed by atoms with Gasteiger partial charge < -0.3 is 52.9 Å². The number of unbranched alkanes of at least 4 members (excludes halogenated alkanes) is 2. The van der Waals surface area contributed by atoms with Gasteiger partial charge in [-0.15, -0.1) is 18.2 Å². The fourth-order valence-corrected chi connectivity index (χ4v) is 10.6. The highest BCUT2D eigenvalue weighted by Crippen LogP contribution is 2.62. The summed E-state index contributed by atoms with van der Waals surface area (Å²) in [7, 11) is 3.00. The standard InChI is InChI=1S/C54H61ClN4O15/c1-4-24-71-54-49(58(53(63)68-25-21-55)31-35-13-19-46-48(26-35)70-33-69-46)30-44(57-72-32-34-11-14-37(15-12-34)59(64)65)41-27-36(9-5-7-22-60)40(10-6-8-23-61)50(51(41)54)42-28-39(17-20-45(42)74-54)73-52(62)56-43-18-16-38(66-2)29-47(43)67-3/h4,11-20,26-29,36,40,49-51,60-61H,1,5-10,21-25,30-33H2,2-3H3,(H,56,62)/t36-,40+,49-,50+,51+,54+/m0/s1. The number of methoxy groups -OCH3 is 2. The van der Waals surface area contributed by atoms with Crippen LogP contribution in [0.2, 0.25) is 0 Å². The summed E-state index contributed by atoms with van der Waals surface area (Å²) in [6, 6.07) is 20.5. The number of anilines is 1. The topological polar surface area (TPSA) is 228 Å². The molecule has 3 N–H and O–H groups in total. The lowest BCUT2D eigenvalue weighted by molar-refractivity contribution is -0.384. The number of hydrogen-bond donors (Lipinski definition) is 3. The number of benzene rings is 4. The zero-order valence-corrected chi connectivity index (χ0v) is 42.0. The highest BCUT2D eigenvalue weighted by atomic mass is 35.5. The number of allylic oxidation sites excluding steroid dienone is 1. The highest BCUT2D eigenvalue weighted by Gasteiger charge is 2.66. The van der Waals surface area contributed by atoms with Crippen molar-refractivity contribution in [3.8, 4) is 34.5 Å². The number of hydrogen-bond acceptors (Lipinski definition) is 16. The number of ether oxygens (including phenoxy) is 8. The van der Waals surface area contributed by atoms with Crippen molar-refractivity contribution in [3.63, 3.8) is 0 Å². The Hall–Kier alpha value is -7.06. The fraction of sp³-hybridized carbons (Fsp3) is 0.426. The number of carbonyl (C=O) groups is 2. The number of alkyl halides is 1.